The van der Waals surface area contributed by atoms with Gasteiger partial charge in [-0.25, -0.2) is 17.8 Å². The molecule has 1 saturated heterocycles. The molecule has 0 spiro atoms. The van der Waals surface area contributed by atoms with Crippen molar-refractivity contribution in [1.29, 1.82) is 0 Å². The summed E-state index contributed by atoms with van der Waals surface area (Å²) in [4.78, 5) is 7.34. The van der Waals surface area contributed by atoms with Crippen molar-refractivity contribution in [1.82, 2.24) is 14.5 Å². The summed E-state index contributed by atoms with van der Waals surface area (Å²) >= 11 is 0. The molecule has 1 aromatic heterocycles. The Morgan fingerprint density at radius 3 is 2.47 bits per heavy atom. The number of hydrogen-bond acceptors (Lipinski definition) is 4. The topological polar surface area (TPSA) is 55.2 Å². The summed E-state index contributed by atoms with van der Waals surface area (Å²) in [6, 6.07) is 13.8. The smallest absolute Gasteiger partial charge is 0.178 e. The number of aryl methyl sites for hydroxylation is 1. The van der Waals surface area contributed by atoms with E-state index in [0.29, 0.717) is 12.5 Å². The molecule has 1 aliphatic rings. The number of hydrogen-bond donors (Lipinski definition) is 0. The molecule has 1 aliphatic heterocycles. The maximum Gasteiger partial charge on any atom is 0.178 e. The highest BCUT2D eigenvalue weighted by Crippen LogP contribution is 2.29. The molecule has 2 heterocycles. The molecule has 3 aromatic rings. The van der Waals surface area contributed by atoms with Crippen LogP contribution in [0.4, 0.5) is 4.39 Å². The normalized spacial score (nSPS) is 16.3. The van der Waals surface area contributed by atoms with Gasteiger partial charge in [-0.2, -0.15) is 0 Å². The summed E-state index contributed by atoms with van der Waals surface area (Å²) in [7, 11) is -3.36. The Bertz CT molecular complexity index is 1100. The molecule has 0 amide bonds. The first kappa shape index (κ1) is 21.0. The van der Waals surface area contributed by atoms with Crippen LogP contribution in [-0.2, 0) is 16.3 Å². The zero-order chi connectivity index (χ0) is 21.1. The molecule has 0 aliphatic carbocycles. The van der Waals surface area contributed by atoms with E-state index in [1.807, 2.05) is 6.07 Å². The standard InChI is InChI=1S/C23H28FN3O2S/c1-2-23-25-21-6-3-4-7-22(21)27(23)19-12-15-26(16-13-19)14-5-17-30(28,29)20-10-8-18(24)9-11-20/h3-4,6-11,19H,2,5,12-17H2,1H3. The van der Waals surface area contributed by atoms with Crippen LogP contribution in [-0.4, -0.2) is 48.3 Å². The summed E-state index contributed by atoms with van der Waals surface area (Å²) < 4.78 is 40.3. The van der Waals surface area contributed by atoms with Crippen LogP contribution in [0.5, 0.6) is 0 Å². The Labute approximate surface area is 177 Å². The summed E-state index contributed by atoms with van der Waals surface area (Å²) in [6.45, 7) is 4.82. The monoisotopic (exact) mass is 429 g/mol. The van der Waals surface area contributed by atoms with Gasteiger partial charge >= 0.3 is 0 Å². The van der Waals surface area contributed by atoms with Gasteiger partial charge in [-0.15, -0.1) is 0 Å². The Balaban J connectivity index is 1.33. The zero-order valence-corrected chi connectivity index (χ0v) is 18.1. The largest absolute Gasteiger partial charge is 0.325 e. The van der Waals surface area contributed by atoms with Gasteiger partial charge in [0.1, 0.15) is 11.6 Å². The van der Waals surface area contributed by atoms with Gasteiger partial charge in [-0.3, -0.25) is 0 Å². The molecule has 7 heteroatoms. The average molecular weight is 430 g/mol. The number of halogens is 1. The van der Waals surface area contributed by atoms with Crippen LogP contribution in [0.2, 0.25) is 0 Å². The Hall–Kier alpha value is -2.25. The minimum absolute atomic E-state index is 0.0880. The summed E-state index contributed by atoms with van der Waals surface area (Å²) in [6.07, 6.45) is 3.57. The van der Waals surface area contributed by atoms with Crippen LogP contribution in [0.1, 0.15) is 38.1 Å². The lowest BCUT2D eigenvalue weighted by atomic mass is 10.0. The minimum atomic E-state index is -3.36. The minimum Gasteiger partial charge on any atom is -0.325 e. The fourth-order valence-corrected chi connectivity index (χ4v) is 5.69. The lowest BCUT2D eigenvalue weighted by molar-refractivity contribution is 0.187. The van der Waals surface area contributed by atoms with E-state index >= 15 is 0 Å². The van der Waals surface area contributed by atoms with Gasteiger partial charge in [0, 0.05) is 25.6 Å². The van der Waals surface area contributed by atoms with Gasteiger partial charge in [-0.1, -0.05) is 19.1 Å². The van der Waals surface area contributed by atoms with Crippen molar-refractivity contribution in [3.63, 3.8) is 0 Å². The molecule has 1 fully saturated rings. The highest BCUT2D eigenvalue weighted by molar-refractivity contribution is 7.91. The van der Waals surface area contributed by atoms with Crippen molar-refractivity contribution in [3.8, 4) is 0 Å². The number of piperidine rings is 1. The number of imidazole rings is 1. The van der Waals surface area contributed by atoms with Gasteiger partial charge in [0.2, 0.25) is 0 Å². The molecule has 5 nitrogen and oxygen atoms in total. The lowest BCUT2D eigenvalue weighted by Gasteiger charge is -2.33. The highest BCUT2D eigenvalue weighted by Gasteiger charge is 2.24. The predicted octanol–water partition coefficient (Wildman–Crippen LogP) is 4.24. The Morgan fingerprint density at radius 2 is 1.77 bits per heavy atom. The number of benzene rings is 2. The summed E-state index contributed by atoms with van der Waals surface area (Å²) in [5.41, 5.74) is 2.26. The number of likely N-dealkylation sites (tertiary alicyclic amines) is 1. The molecule has 160 valence electrons. The first-order valence-electron chi connectivity index (χ1n) is 10.6. The molecule has 0 N–H and O–H groups in total. The fourth-order valence-electron chi connectivity index (χ4n) is 4.39. The predicted molar refractivity (Wildman–Crippen MR) is 117 cm³/mol. The van der Waals surface area contributed by atoms with Gasteiger partial charge in [0.15, 0.2) is 9.84 Å². The van der Waals surface area contributed by atoms with Crippen LogP contribution in [0.15, 0.2) is 53.4 Å². The molecule has 0 radical (unpaired) electrons. The van der Waals surface area contributed by atoms with Crippen molar-refractivity contribution in [2.75, 3.05) is 25.4 Å². The van der Waals surface area contributed by atoms with E-state index in [9.17, 15) is 12.8 Å². The quantitative estimate of drug-likeness (QED) is 0.527. The van der Waals surface area contributed by atoms with Crippen molar-refractivity contribution >= 4 is 20.9 Å². The van der Waals surface area contributed by atoms with E-state index in [2.05, 4.69) is 34.6 Å². The second kappa shape index (κ2) is 8.86. The number of aromatic nitrogens is 2. The van der Waals surface area contributed by atoms with Crippen LogP contribution in [0.3, 0.4) is 0 Å². The van der Waals surface area contributed by atoms with Crippen LogP contribution >= 0.6 is 0 Å². The van der Waals surface area contributed by atoms with Crippen LogP contribution < -0.4 is 0 Å². The van der Waals surface area contributed by atoms with E-state index in [1.165, 1.54) is 29.8 Å². The van der Waals surface area contributed by atoms with E-state index in [0.717, 1.165) is 50.2 Å². The maximum absolute atomic E-state index is 13.0. The molecule has 0 unspecified atom stereocenters. The van der Waals surface area contributed by atoms with E-state index in [4.69, 9.17) is 4.98 Å². The van der Waals surface area contributed by atoms with Crippen molar-refractivity contribution < 1.29 is 12.8 Å². The van der Waals surface area contributed by atoms with Gasteiger partial charge in [0.25, 0.3) is 0 Å². The summed E-state index contributed by atoms with van der Waals surface area (Å²) in [5, 5.41) is 0. The molecule has 2 aromatic carbocycles. The molecule has 0 saturated carbocycles. The third-order valence-electron chi connectivity index (χ3n) is 5.97. The fraction of sp³-hybridized carbons (Fsp3) is 0.435. The molecular weight excluding hydrogens is 401 g/mol. The molecule has 30 heavy (non-hydrogen) atoms. The first-order chi connectivity index (χ1) is 14.5. The maximum atomic E-state index is 13.0. The molecule has 0 atom stereocenters. The first-order valence-corrected chi connectivity index (χ1v) is 12.3. The Morgan fingerprint density at radius 1 is 1.07 bits per heavy atom. The zero-order valence-electron chi connectivity index (χ0n) is 17.3. The number of rotatable bonds is 7. The number of fused-ring (bicyclic) bond motifs is 1. The molecule has 0 bridgehead atoms. The van der Waals surface area contributed by atoms with Crippen molar-refractivity contribution in [2.24, 2.45) is 0 Å². The second-order valence-corrected chi connectivity index (χ2v) is 10.0. The van der Waals surface area contributed by atoms with Gasteiger partial charge in [0.05, 0.1) is 21.7 Å². The Kier molecular flexibility index (Phi) is 6.20. The highest BCUT2D eigenvalue weighted by atomic mass is 32.2. The van der Waals surface area contributed by atoms with E-state index < -0.39 is 15.7 Å². The number of nitrogens with zero attached hydrogens (tertiary/aromatic N) is 3. The van der Waals surface area contributed by atoms with Crippen LogP contribution in [0, 0.1) is 5.82 Å². The SMILES string of the molecule is CCc1nc2ccccc2n1C1CCN(CCCS(=O)(=O)c2ccc(F)cc2)CC1. The van der Waals surface area contributed by atoms with Gasteiger partial charge < -0.3 is 9.47 Å². The number of para-hydroxylation sites is 2. The van der Waals surface area contributed by atoms with Crippen molar-refractivity contribution in [3.05, 3.63) is 60.2 Å². The third-order valence-corrected chi connectivity index (χ3v) is 7.78. The average Bonchev–Trinajstić information content (AvgIpc) is 3.13. The van der Waals surface area contributed by atoms with E-state index in [1.54, 1.807) is 0 Å². The van der Waals surface area contributed by atoms with Crippen molar-refractivity contribution in [2.45, 2.75) is 43.5 Å². The third kappa shape index (κ3) is 4.42. The van der Waals surface area contributed by atoms with Gasteiger partial charge in [-0.05, 0) is 62.2 Å². The van der Waals surface area contributed by atoms with E-state index in [-0.39, 0.29) is 10.6 Å². The number of sulfone groups is 1. The summed E-state index contributed by atoms with van der Waals surface area (Å²) in [5.74, 6) is 0.804. The second-order valence-electron chi connectivity index (χ2n) is 7.94. The van der Waals surface area contributed by atoms with Crippen LogP contribution in [0.25, 0.3) is 11.0 Å². The lowest BCUT2D eigenvalue weighted by Crippen LogP contribution is -2.36. The molecule has 4 rings (SSSR count). The molecular formula is C23H28FN3O2S.